The van der Waals surface area contributed by atoms with E-state index in [1.807, 2.05) is 12.1 Å². The number of benzene rings is 1. The Morgan fingerprint density at radius 2 is 2.00 bits per heavy atom. The second kappa shape index (κ2) is 5.27. The van der Waals surface area contributed by atoms with Crippen LogP contribution in [0.2, 0.25) is 0 Å². The lowest BCUT2D eigenvalue weighted by Crippen LogP contribution is -2.38. The molecule has 0 unspecified atom stereocenters. The average molecular weight is 250 g/mol. The van der Waals surface area contributed by atoms with E-state index in [1.165, 1.54) is 6.42 Å². The van der Waals surface area contributed by atoms with Crippen molar-refractivity contribution in [2.45, 2.75) is 39.7 Å². The Labute approximate surface area is 109 Å². The summed E-state index contributed by atoms with van der Waals surface area (Å²) in [6.45, 7) is 6.86. The van der Waals surface area contributed by atoms with Gasteiger partial charge in [-0.2, -0.15) is 0 Å². The first-order valence-electron chi connectivity index (χ1n) is 6.81. The van der Waals surface area contributed by atoms with Crippen LogP contribution in [0.4, 0.5) is 10.1 Å². The highest BCUT2D eigenvalue weighted by atomic mass is 19.1. The summed E-state index contributed by atoms with van der Waals surface area (Å²) >= 11 is 0. The van der Waals surface area contributed by atoms with Crippen LogP contribution in [0.5, 0.6) is 0 Å². The van der Waals surface area contributed by atoms with Gasteiger partial charge in [0.15, 0.2) is 0 Å². The van der Waals surface area contributed by atoms with Gasteiger partial charge in [0.1, 0.15) is 5.82 Å². The minimum atomic E-state index is -0.141. The van der Waals surface area contributed by atoms with Crippen molar-refractivity contribution >= 4 is 5.69 Å². The second-order valence-corrected chi connectivity index (χ2v) is 5.64. The fraction of sp³-hybridized carbons (Fsp3) is 0.600. The first-order valence-corrected chi connectivity index (χ1v) is 6.81. The molecule has 0 bridgehead atoms. The van der Waals surface area contributed by atoms with E-state index in [0.717, 1.165) is 37.2 Å². The summed E-state index contributed by atoms with van der Waals surface area (Å²) < 4.78 is 14.0. The van der Waals surface area contributed by atoms with Crippen molar-refractivity contribution in [1.82, 2.24) is 0 Å². The van der Waals surface area contributed by atoms with Crippen molar-refractivity contribution in [2.24, 2.45) is 11.1 Å². The van der Waals surface area contributed by atoms with Gasteiger partial charge < -0.3 is 10.6 Å². The molecule has 2 nitrogen and oxygen atoms in total. The SMILES string of the molecule is CCC1(C)CCN(c2ccc(CN)cc2F)CC1. The lowest BCUT2D eigenvalue weighted by molar-refractivity contribution is 0.237. The number of halogens is 1. The van der Waals surface area contributed by atoms with E-state index in [2.05, 4.69) is 18.7 Å². The summed E-state index contributed by atoms with van der Waals surface area (Å²) in [4.78, 5) is 2.16. The van der Waals surface area contributed by atoms with Crippen LogP contribution in [-0.2, 0) is 6.54 Å². The van der Waals surface area contributed by atoms with Crippen molar-refractivity contribution in [3.8, 4) is 0 Å². The van der Waals surface area contributed by atoms with Crippen LogP contribution in [0.15, 0.2) is 18.2 Å². The maximum atomic E-state index is 14.0. The van der Waals surface area contributed by atoms with E-state index < -0.39 is 0 Å². The van der Waals surface area contributed by atoms with Crippen molar-refractivity contribution in [2.75, 3.05) is 18.0 Å². The van der Waals surface area contributed by atoms with Crippen LogP contribution < -0.4 is 10.6 Å². The van der Waals surface area contributed by atoms with Crippen LogP contribution in [-0.4, -0.2) is 13.1 Å². The fourth-order valence-electron chi connectivity index (χ4n) is 2.57. The van der Waals surface area contributed by atoms with Crippen LogP contribution in [0.1, 0.15) is 38.7 Å². The molecule has 0 radical (unpaired) electrons. The molecular weight excluding hydrogens is 227 g/mol. The summed E-state index contributed by atoms with van der Waals surface area (Å²) in [5.74, 6) is -0.141. The van der Waals surface area contributed by atoms with Gasteiger partial charge in [-0.3, -0.25) is 0 Å². The number of anilines is 1. The molecule has 1 heterocycles. The molecule has 1 aliphatic heterocycles. The van der Waals surface area contributed by atoms with E-state index in [-0.39, 0.29) is 5.82 Å². The Balaban J connectivity index is 2.10. The normalized spacial score (nSPS) is 19.0. The molecule has 1 saturated heterocycles. The first-order chi connectivity index (χ1) is 8.58. The molecule has 0 aromatic heterocycles. The summed E-state index contributed by atoms with van der Waals surface area (Å²) in [5, 5.41) is 0. The van der Waals surface area contributed by atoms with Gasteiger partial charge in [0.05, 0.1) is 5.69 Å². The monoisotopic (exact) mass is 250 g/mol. The quantitative estimate of drug-likeness (QED) is 0.892. The molecule has 0 spiro atoms. The smallest absolute Gasteiger partial charge is 0.146 e. The third-order valence-electron chi connectivity index (χ3n) is 4.41. The number of piperidine rings is 1. The van der Waals surface area contributed by atoms with Crippen LogP contribution in [0.25, 0.3) is 0 Å². The summed E-state index contributed by atoms with van der Waals surface area (Å²) in [6, 6.07) is 5.35. The standard InChI is InChI=1S/C15H23FN2/c1-3-15(2)6-8-18(9-7-15)14-5-4-12(11-17)10-13(14)16/h4-5,10H,3,6-9,11,17H2,1-2H3. The summed E-state index contributed by atoms with van der Waals surface area (Å²) in [5.41, 5.74) is 7.54. The van der Waals surface area contributed by atoms with E-state index in [9.17, 15) is 4.39 Å². The highest BCUT2D eigenvalue weighted by Crippen LogP contribution is 2.36. The number of nitrogens with two attached hydrogens (primary N) is 1. The molecule has 1 aromatic carbocycles. The zero-order valence-corrected chi connectivity index (χ0v) is 11.4. The van der Waals surface area contributed by atoms with Crippen LogP contribution in [0.3, 0.4) is 0 Å². The fourth-order valence-corrected chi connectivity index (χ4v) is 2.57. The molecule has 1 aromatic rings. The predicted octanol–water partition coefficient (Wildman–Crippen LogP) is 3.30. The van der Waals surface area contributed by atoms with Crippen LogP contribution >= 0.6 is 0 Å². The van der Waals surface area contributed by atoms with Gasteiger partial charge in [-0.25, -0.2) is 4.39 Å². The first kappa shape index (κ1) is 13.3. The number of rotatable bonds is 3. The highest BCUT2D eigenvalue weighted by Gasteiger charge is 2.29. The van der Waals surface area contributed by atoms with Gasteiger partial charge >= 0.3 is 0 Å². The molecule has 3 heteroatoms. The topological polar surface area (TPSA) is 29.3 Å². The van der Waals surface area contributed by atoms with Gasteiger partial charge in [0, 0.05) is 19.6 Å². The molecule has 0 aliphatic carbocycles. The zero-order chi connectivity index (χ0) is 13.2. The van der Waals surface area contributed by atoms with Crippen molar-refractivity contribution < 1.29 is 4.39 Å². The van der Waals surface area contributed by atoms with Gasteiger partial charge in [-0.1, -0.05) is 26.3 Å². The Morgan fingerprint density at radius 3 is 2.50 bits per heavy atom. The van der Waals surface area contributed by atoms with Gasteiger partial charge in [0.25, 0.3) is 0 Å². The minimum Gasteiger partial charge on any atom is -0.369 e. The Morgan fingerprint density at radius 1 is 1.33 bits per heavy atom. The molecule has 18 heavy (non-hydrogen) atoms. The Bertz CT molecular complexity index is 409. The molecule has 0 saturated carbocycles. The molecule has 100 valence electrons. The van der Waals surface area contributed by atoms with Crippen molar-refractivity contribution in [1.29, 1.82) is 0 Å². The van der Waals surface area contributed by atoms with E-state index in [0.29, 0.717) is 12.0 Å². The van der Waals surface area contributed by atoms with Crippen molar-refractivity contribution in [3.05, 3.63) is 29.6 Å². The molecule has 2 N–H and O–H groups in total. The van der Waals surface area contributed by atoms with Crippen molar-refractivity contribution in [3.63, 3.8) is 0 Å². The average Bonchev–Trinajstić information content (AvgIpc) is 2.40. The van der Waals surface area contributed by atoms with Gasteiger partial charge in [-0.15, -0.1) is 0 Å². The van der Waals surface area contributed by atoms with E-state index in [4.69, 9.17) is 5.73 Å². The zero-order valence-electron chi connectivity index (χ0n) is 11.4. The molecular formula is C15H23FN2. The minimum absolute atomic E-state index is 0.141. The number of hydrogen-bond donors (Lipinski definition) is 1. The maximum absolute atomic E-state index is 14.0. The molecule has 1 aliphatic rings. The Kier molecular flexibility index (Phi) is 3.91. The molecule has 2 rings (SSSR count). The molecule has 0 atom stereocenters. The van der Waals surface area contributed by atoms with E-state index >= 15 is 0 Å². The number of hydrogen-bond acceptors (Lipinski definition) is 2. The predicted molar refractivity (Wildman–Crippen MR) is 74.1 cm³/mol. The maximum Gasteiger partial charge on any atom is 0.146 e. The van der Waals surface area contributed by atoms with E-state index in [1.54, 1.807) is 6.07 Å². The highest BCUT2D eigenvalue weighted by molar-refractivity contribution is 5.49. The largest absolute Gasteiger partial charge is 0.369 e. The Hall–Kier alpha value is -1.09. The third kappa shape index (κ3) is 2.66. The van der Waals surface area contributed by atoms with Gasteiger partial charge in [-0.05, 0) is 36.0 Å². The molecule has 0 amide bonds. The van der Waals surface area contributed by atoms with Gasteiger partial charge in [0.2, 0.25) is 0 Å². The van der Waals surface area contributed by atoms with Crippen LogP contribution in [0, 0.1) is 11.2 Å². The lowest BCUT2D eigenvalue weighted by Gasteiger charge is -2.40. The summed E-state index contributed by atoms with van der Waals surface area (Å²) in [6.07, 6.45) is 3.48. The third-order valence-corrected chi connectivity index (χ3v) is 4.41. The molecule has 1 fully saturated rings. The number of nitrogens with zero attached hydrogens (tertiary/aromatic N) is 1. The second-order valence-electron chi connectivity index (χ2n) is 5.64. The lowest BCUT2D eigenvalue weighted by atomic mass is 9.78. The summed E-state index contributed by atoms with van der Waals surface area (Å²) in [7, 11) is 0.